The van der Waals surface area contributed by atoms with E-state index >= 15 is 0 Å². The molecular weight excluding hydrogens is 366 g/mol. The lowest BCUT2D eigenvalue weighted by molar-refractivity contribution is 0.0466. The number of aromatic nitrogens is 1. The number of pyridine rings is 1. The first-order valence-corrected chi connectivity index (χ1v) is 10.6. The molecule has 2 nitrogen and oxygen atoms in total. The Morgan fingerprint density at radius 2 is 1.37 bits per heavy atom. The molecule has 3 aromatic carbocycles. The van der Waals surface area contributed by atoms with Crippen molar-refractivity contribution in [1.29, 1.82) is 0 Å². The summed E-state index contributed by atoms with van der Waals surface area (Å²) in [5.74, 6) is 0.997. The quantitative estimate of drug-likeness (QED) is 0.398. The molecule has 5 rings (SSSR count). The monoisotopic (exact) mass is 391 g/mol. The summed E-state index contributed by atoms with van der Waals surface area (Å²) in [6.07, 6.45) is 5.62. The number of fused-ring (bicyclic) bond motifs is 1. The fraction of sp³-hybridized carbons (Fsp3) is 0.179. The number of ether oxygens (including phenoxy) is 1. The maximum absolute atomic E-state index is 6.86. The second kappa shape index (κ2) is 8.16. The zero-order chi connectivity index (χ0) is 20.2. The van der Waals surface area contributed by atoms with Crippen molar-refractivity contribution in [3.8, 4) is 17.0 Å². The minimum atomic E-state index is -0.252. The van der Waals surface area contributed by atoms with Crippen LogP contribution in [0.4, 0.5) is 0 Å². The van der Waals surface area contributed by atoms with E-state index in [2.05, 4.69) is 89.9 Å². The van der Waals surface area contributed by atoms with Crippen molar-refractivity contribution in [3.63, 3.8) is 0 Å². The minimum absolute atomic E-state index is 0.252. The molecule has 1 aliphatic heterocycles. The van der Waals surface area contributed by atoms with Crippen LogP contribution in [0.15, 0.2) is 103 Å². The van der Waals surface area contributed by atoms with Gasteiger partial charge >= 0.3 is 0 Å². The van der Waals surface area contributed by atoms with Crippen molar-refractivity contribution in [2.75, 3.05) is 0 Å². The van der Waals surface area contributed by atoms with E-state index in [1.54, 1.807) is 0 Å². The first-order valence-electron chi connectivity index (χ1n) is 10.6. The number of hydrogen-bond donors (Lipinski definition) is 0. The van der Waals surface area contributed by atoms with Crippen LogP contribution < -0.4 is 4.74 Å². The van der Waals surface area contributed by atoms with Gasteiger partial charge in [0.15, 0.2) is 0 Å². The molecule has 0 radical (unpaired) electrons. The van der Waals surface area contributed by atoms with Gasteiger partial charge in [0.25, 0.3) is 0 Å². The summed E-state index contributed by atoms with van der Waals surface area (Å²) in [5, 5.41) is 0. The van der Waals surface area contributed by atoms with Gasteiger partial charge < -0.3 is 4.74 Å². The second-order valence-corrected chi connectivity index (χ2v) is 8.11. The van der Waals surface area contributed by atoms with Gasteiger partial charge in [0.1, 0.15) is 11.4 Å². The largest absolute Gasteiger partial charge is 0.486 e. The summed E-state index contributed by atoms with van der Waals surface area (Å²) in [4.78, 5) is 4.57. The fourth-order valence-corrected chi connectivity index (χ4v) is 4.57. The highest BCUT2D eigenvalue weighted by molar-refractivity contribution is 5.67. The van der Waals surface area contributed by atoms with E-state index in [0.717, 1.165) is 37.1 Å². The Kier molecular flexibility index (Phi) is 5.06. The zero-order valence-electron chi connectivity index (χ0n) is 17.0. The van der Waals surface area contributed by atoms with Gasteiger partial charge in [-0.2, -0.15) is 0 Å². The number of nitrogens with zero attached hydrogens (tertiary/aromatic N) is 1. The van der Waals surface area contributed by atoms with E-state index in [1.165, 1.54) is 22.3 Å². The first-order chi connectivity index (χ1) is 14.8. The highest BCUT2D eigenvalue weighted by Crippen LogP contribution is 2.41. The van der Waals surface area contributed by atoms with Gasteiger partial charge in [0.05, 0.1) is 5.69 Å². The van der Waals surface area contributed by atoms with Crippen molar-refractivity contribution in [3.05, 3.63) is 120 Å². The lowest BCUT2D eigenvalue weighted by atomic mass is 9.80. The summed E-state index contributed by atoms with van der Waals surface area (Å²) in [6.45, 7) is 0. The van der Waals surface area contributed by atoms with Crippen LogP contribution in [0.2, 0.25) is 0 Å². The molecule has 0 saturated carbocycles. The molecule has 4 aromatic rings. The van der Waals surface area contributed by atoms with E-state index < -0.39 is 0 Å². The highest BCUT2D eigenvalue weighted by atomic mass is 16.5. The van der Waals surface area contributed by atoms with Crippen LogP contribution in [-0.2, 0) is 19.3 Å². The van der Waals surface area contributed by atoms with Crippen molar-refractivity contribution in [2.24, 2.45) is 0 Å². The van der Waals surface area contributed by atoms with Crippen molar-refractivity contribution in [2.45, 2.75) is 31.3 Å². The normalized spacial score (nSPS) is 14.5. The third-order valence-electron chi connectivity index (χ3n) is 5.97. The predicted molar refractivity (Wildman–Crippen MR) is 122 cm³/mol. The first kappa shape index (κ1) is 18.6. The average molecular weight is 392 g/mol. The summed E-state index contributed by atoms with van der Waals surface area (Å²) >= 11 is 0. The third kappa shape index (κ3) is 3.86. The van der Waals surface area contributed by atoms with Crippen LogP contribution >= 0.6 is 0 Å². The summed E-state index contributed by atoms with van der Waals surface area (Å²) < 4.78 is 6.86. The van der Waals surface area contributed by atoms with Crippen LogP contribution in [-0.4, -0.2) is 10.6 Å². The van der Waals surface area contributed by atoms with Gasteiger partial charge in [-0.05, 0) is 42.2 Å². The van der Waals surface area contributed by atoms with Gasteiger partial charge in [-0.3, -0.25) is 4.98 Å². The van der Waals surface area contributed by atoms with E-state index in [-0.39, 0.29) is 5.60 Å². The molecule has 0 bridgehead atoms. The van der Waals surface area contributed by atoms with Gasteiger partial charge in [0.2, 0.25) is 0 Å². The van der Waals surface area contributed by atoms with E-state index in [0.29, 0.717) is 0 Å². The fourth-order valence-electron chi connectivity index (χ4n) is 4.57. The number of hydrogen-bond acceptors (Lipinski definition) is 2. The maximum Gasteiger partial charge on any atom is 0.124 e. The minimum Gasteiger partial charge on any atom is -0.486 e. The Hall–Kier alpha value is -3.39. The SMILES string of the molecule is c1ccc(CC2(Cc3ccccc3)CCc3c(cccc3-c3ccccn3)O2)cc1. The van der Waals surface area contributed by atoms with Crippen molar-refractivity contribution < 1.29 is 4.74 Å². The molecule has 1 aromatic heterocycles. The molecule has 0 fully saturated rings. The van der Waals surface area contributed by atoms with Gasteiger partial charge in [-0.1, -0.05) is 78.9 Å². The van der Waals surface area contributed by atoms with Gasteiger partial charge in [-0.25, -0.2) is 0 Å². The third-order valence-corrected chi connectivity index (χ3v) is 5.97. The second-order valence-electron chi connectivity index (χ2n) is 8.11. The highest BCUT2D eigenvalue weighted by Gasteiger charge is 2.37. The molecule has 0 saturated heterocycles. The Morgan fingerprint density at radius 1 is 0.700 bits per heavy atom. The molecule has 1 aliphatic rings. The maximum atomic E-state index is 6.86. The molecular formula is C28H25NO. The summed E-state index contributed by atoms with van der Waals surface area (Å²) in [6, 6.07) is 33.9. The van der Waals surface area contributed by atoms with E-state index in [1.807, 2.05) is 18.3 Å². The Morgan fingerprint density at radius 3 is 2.00 bits per heavy atom. The van der Waals surface area contributed by atoms with Crippen LogP contribution in [0, 0.1) is 0 Å². The summed E-state index contributed by atoms with van der Waals surface area (Å²) in [5.41, 5.74) is 5.85. The molecule has 0 unspecified atom stereocenters. The molecule has 0 spiro atoms. The lowest BCUT2D eigenvalue weighted by Gasteiger charge is -2.40. The van der Waals surface area contributed by atoms with Gasteiger partial charge in [-0.15, -0.1) is 0 Å². The van der Waals surface area contributed by atoms with Crippen LogP contribution in [0.5, 0.6) is 5.75 Å². The summed E-state index contributed by atoms with van der Waals surface area (Å²) in [7, 11) is 0. The number of rotatable bonds is 5. The van der Waals surface area contributed by atoms with Gasteiger partial charge in [0, 0.05) is 30.2 Å². The molecule has 30 heavy (non-hydrogen) atoms. The number of benzene rings is 3. The van der Waals surface area contributed by atoms with Crippen LogP contribution in [0.3, 0.4) is 0 Å². The Labute approximate surface area is 178 Å². The molecule has 0 atom stereocenters. The Bertz CT molecular complexity index is 1070. The lowest BCUT2D eigenvalue weighted by Crippen LogP contribution is -2.44. The molecule has 148 valence electrons. The van der Waals surface area contributed by atoms with E-state index in [9.17, 15) is 0 Å². The van der Waals surface area contributed by atoms with Crippen molar-refractivity contribution in [1.82, 2.24) is 4.98 Å². The predicted octanol–water partition coefficient (Wildman–Crippen LogP) is 6.30. The molecule has 2 heterocycles. The molecule has 0 amide bonds. The molecule has 0 N–H and O–H groups in total. The standard InChI is InChI=1S/C28H25NO/c1-3-10-22(11-4-1)20-28(21-23-12-5-2-6-13-23)18-17-25-24(14-9-16-27(25)30-28)26-15-7-8-19-29-26/h1-16,19H,17-18,20-21H2. The Balaban J connectivity index is 1.52. The molecule has 2 heteroatoms. The van der Waals surface area contributed by atoms with Crippen LogP contribution in [0.1, 0.15) is 23.1 Å². The smallest absolute Gasteiger partial charge is 0.124 e. The van der Waals surface area contributed by atoms with E-state index in [4.69, 9.17) is 4.74 Å². The average Bonchev–Trinajstić information content (AvgIpc) is 2.80. The molecule has 0 aliphatic carbocycles. The zero-order valence-corrected chi connectivity index (χ0v) is 17.0. The topological polar surface area (TPSA) is 22.1 Å². The van der Waals surface area contributed by atoms with Crippen molar-refractivity contribution >= 4 is 0 Å². The van der Waals surface area contributed by atoms with Crippen LogP contribution in [0.25, 0.3) is 11.3 Å².